The van der Waals surface area contributed by atoms with E-state index in [1.54, 1.807) is 4.90 Å². The van der Waals surface area contributed by atoms with Crippen LogP contribution in [-0.4, -0.2) is 67.2 Å². The maximum atomic E-state index is 13.4. The van der Waals surface area contributed by atoms with E-state index in [2.05, 4.69) is 17.0 Å². The highest BCUT2D eigenvalue weighted by atomic mass is 35.5. The third-order valence-corrected chi connectivity index (χ3v) is 8.14. The Morgan fingerprint density at radius 2 is 1.74 bits per heavy atom. The zero-order chi connectivity index (χ0) is 22.0. The van der Waals surface area contributed by atoms with Gasteiger partial charge in [-0.2, -0.15) is 4.31 Å². The summed E-state index contributed by atoms with van der Waals surface area (Å²) < 4.78 is 40.5. The Hall–Kier alpha value is -2.00. The molecule has 2 fully saturated rings. The molecule has 0 saturated carbocycles. The van der Waals surface area contributed by atoms with Gasteiger partial charge in [0.15, 0.2) is 0 Å². The first-order valence-corrected chi connectivity index (χ1v) is 12.2. The molecule has 6 nitrogen and oxygen atoms in total. The third-order valence-electron chi connectivity index (χ3n) is 5.96. The number of sulfonamides is 1. The fourth-order valence-electron chi connectivity index (χ4n) is 4.26. The molecular formula is C22H25ClFN3O3S. The molecule has 4 rings (SSSR count). The first kappa shape index (κ1) is 22.2. The van der Waals surface area contributed by atoms with Crippen LogP contribution in [0.2, 0.25) is 5.02 Å². The summed E-state index contributed by atoms with van der Waals surface area (Å²) in [6, 6.07) is 13.3. The number of likely N-dealkylation sites (tertiary alicyclic amines) is 1. The molecule has 0 bridgehead atoms. The van der Waals surface area contributed by atoms with Gasteiger partial charge in [-0.3, -0.25) is 9.69 Å². The highest BCUT2D eigenvalue weighted by Gasteiger charge is 2.36. The van der Waals surface area contributed by atoms with Gasteiger partial charge in [0.05, 0.1) is 16.0 Å². The molecular weight excluding hydrogens is 441 g/mol. The number of carbonyl (C=O) groups excluding carboxylic acids is 1. The summed E-state index contributed by atoms with van der Waals surface area (Å²) in [5, 5.41) is -0.227. The summed E-state index contributed by atoms with van der Waals surface area (Å²) in [5.74, 6) is -0.594. The number of carbonyl (C=O) groups is 1. The van der Waals surface area contributed by atoms with Gasteiger partial charge in [0.25, 0.3) is 0 Å². The Morgan fingerprint density at radius 1 is 1.03 bits per heavy atom. The third kappa shape index (κ3) is 4.77. The number of rotatable bonds is 5. The minimum atomic E-state index is -3.79. The molecule has 31 heavy (non-hydrogen) atoms. The summed E-state index contributed by atoms with van der Waals surface area (Å²) in [7, 11) is -3.79. The molecule has 0 spiro atoms. The fourth-order valence-corrected chi connectivity index (χ4v) is 5.95. The van der Waals surface area contributed by atoms with Crippen LogP contribution in [0.5, 0.6) is 0 Å². The summed E-state index contributed by atoms with van der Waals surface area (Å²) >= 11 is 5.75. The second-order valence-electron chi connectivity index (χ2n) is 7.92. The zero-order valence-corrected chi connectivity index (χ0v) is 18.7. The lowest BCUT2D eigenvalue weighted by molar-refractivity contribution is -0.137. The van der Waals surface area contributed by atoms with E-state index in [1.165, 1.54) is 15.9 Å². The van der Waals surface area contributed by atoms with Crippen LogP contribution in [-0.2, 0) is 21.4 Å². The maximum Gasteiger partial charge on any atom is 0.243 e. The van der Waals surface area contributed by atoms with Gasteiger partial charge in [-0.05, 0) is 43.1 Å². The zero-order valence-electron chi connectivity index (χ0n) is 17.1. The Balaban J connectivity index is 1.38. The monoisotopic (exact) mass is 465 g/mol. The molecule has 2 aromatic carbocycles. The normalized spacial score (nSPS) is 20.8. The van der Waals surface area contributed by atoms with Gasteiger partial charge in [0.2, 0.25) is 15.9 Å². The number of halogens is 2. The maximum absolute atomic E-state index is 13.4. The fraction of sp³-hybridized carbons (Fsp3) is 0.409. The van der Waals surface area contributed by atoms with Gasteiger partial charge < -0.3 is 4.90 Å². The Kier molecular flexibility index (Phi) is 6.62. The quantitative estimate of drug-likeness (QED) is 0.681. The molecule has 1 unspecified atom stereocenters. The standard InChI is InChI=1S/C22H25ClFN3O3S/c23-19-15-18(8-9-20(19)24)31(29,30)27-13-11-25(12-14-27)22(28)21-7-4-10-26(21)16-17-5-2-1-3-6-17/h1-3,5-6,8-9,15,21H,4,7,10-14,16H2. The largest absolute Gasteiger partial charge is 0.339 e. The van der Waals surface area contributed by atoms with Crippen LogP contribution in [0.25, 0.3) is 0 Å². The highest BCUT2D eigenvalue weighted by Crippen LogP contribution is 2.25. The van der Waals surface area contributed by atoms with Gasteiger partial charge in [-0.25, -0.2) is 12.8 Å². The number of hydrogen-bond donors (Lipinski definition) is 0. The first-order valence-electron chi connectivity index (χ1n) is 10.4. The minimum Gasteiger partial charge on any atom is -0.339 e. The van der Waals surface area contributed by atoms with Gasteiger partial charge >= 0.3 is 0 Å². The molecule has 2 heterocycles. The molecule has 0 aliphatic carbocycles. The van der Waals surface area contributed by atoms with E-state index in [-0.39, 0.29) is 35.0 Å². The lowest BCUT2D eigenvalue weighted by atomic mass is 10.1. The van der Waals surface area contributed by atoms with Crippen molar-refractivity contribution in [2.24, 2.45) is 0 Å². The topological polar surface area (TPSA) is 60.9 Å². The predicted molar refractivity (Wildman–Crippen MR) is 117 cm³/mol. The number of hydrogen-bond acceptors (Lipinski definition) is 4. The number of amides is 1. The molecule has 2 aliphatic heterocycles. The van der Waals surface area contributed by atoms with Gasteiger partial charge in [-0.1, -0.05) is 41.9 Å². The molecule has 9 heteroatoms. The SMILES string of the molecule is O=C(C1CCCN1Cc1ccccc1)N1CCN(S(=O)(=O)c2ccc(F)c(Cl)c2)CC1. The highest BCUT2D eigenvalue weighted by molar-refractivity contribution is 7.89. The molecule has 166 valence electrons. The van der Waals surface area contributed by atoms with Crippen LogP contribution in [0.15, 0.2) is 53.4 Å². The molecule has 2 saturated heterocycles. The lowest BCUT2D eigenvalue weighted by Gasteiger charge is -2.36. The molecule has 0 radical (unpaired) electrons. The summed E-state index contributed by atoms with van der Waals surface area (Å²) in [6.07, 6.45) is 1.79. The molecule has 2 aliphatic rings. The molecule has 1 atom stereocenters. The van der Waals surface area contributed by atoms with Crippen LogP contribution in [0.4, 0.5) is 4.39 Å². The second kappa shape index (κ2) is 9.24. The van der Waals surface area contributed by atoms with Crippen molar-refractivity contribution in [2.45, 2.75) is 30.3 Å². The molecule has 1 amide bonds. The van der Waals surface area contributed by atoms with E-state index in [1.807, 2.05) is 18.2 Å². The van der Waals surface area contributed by atoms with Crippen molar-refractivity contribution in [1.29, 1.82) is 0 Å². The van der Waals surface area contributed by atoms with E-state index in [4.69, 9.17) is 11.6 Å². The van der Waals surface area contributed by atoms with Gasteiger partial charge in [0, 0.05) is 32.7 Å². The summed E-state index contributed by atoms with van der Waals surface area (Å²) in [6.45, 7) is 2.69. The number of nitrogens with zero attached hydrogens (tertiary/aromatic N) is 3. The Bertz CT molecular complexity index is 1040. The van der Waals surface area contributed by atoms with E-state index in [9.17, 15) is 17.6 Å². The van der Waals surface area contributed by atoms with Crippen LogP contribution in [0, 0.1) is 5.82 Å². The van der Waals surface area contributed by atoms with Crippen molar-refractivity contribution in [3.05, 3.63) is 64.9 Å². The van der Waals surface area contributed by atoms with Crippen LogP contribution in [0.3, 0.4) is 0 Å². The smallest absolute Gasteiger partial charge is 0.243 e. The van der Waals surface area contributed by atoms with Gasteiger partial charge in [-0.15, -0.1) is 0 Å². The van der Waals surface area contributed by atoms with Crippen molar-refractivity contribution >= 4 is 27.5 Å². The van der Waals surface area contributed by atoms with E-state index in [0.717, 1.165) is 38.1 Å². The Labute approximate surface area is 187 Å². The van der Waals surface area contributed by atoms with Crippen molar-refractivity contribution < 1.29 is 17.6 Å². The molecule has 0 aromatic heterocycles. The van der Waals surface area contributed by atoms with Crippen molar-refractivity contribution in [3.8, 4) is 0 Å². The number of piperazine rings is 1. The average Bonchev–Trinajstić information content (AvgIpc) is 3.24. The van der Waals surface area contributed by atoms with Crippen LogP contribution < -0.4 is 0 Å². The predicted octanol–water partition coefficient (Wildman–Crippen LogP) is 2.98. The number of benzene rings is 2. The van der Waals surface area contributed by atoms with Crippen molar-refractivity contribution in [1.82, 2.24) is 14.1 Å². The van der Waals surface area contributed by atoms with E-state index in [0.29, 0.717) is 13.1 Å². The van der Waals surface area contributed by atoms with Crippen molar-refractivity contribution in [2.75, 3.05) is 32.7 Å². The van der Waals surface area contributed by atoms with Crippen LogP contribution >= 0.6 is 11.6 Å². The summed E-state index contributed by atoms with van der Waals surface area (Å²) in [5.41, 5.74) is 1.18. The second-order valence-corrected chi connectivity index (χ2v) is 10.3. The first-order chi connectivity index (χ1) is 14.9. The molecule has 0 N–H and O–H groups in total. The van der Waals surface area contributed by atoms with E-state index >= 15 is 0 Å². The van der Waals surface area contributed by atoms with Crippen LogP contribution in [0.1, 0.15) is 18.4 Å². The lowest BCUT2D eigenvalue weighted by Crippen LogP contribution is -2.54. The minimum absolute atomic E-state index is 0.0384. The van der Waals surface area contributed by atoms with Crippen molar-refractivity contribution in [3.63, 3.8) is 0 Å². The Morgan fingerprint density at radius 3 is 2.42 bits per heavy atom. The molecule has 2 aromatic rings. The summed E-state index contributed by atoms with van der Waals surface area (Å²) in [4.78, 5) is 17.1. The van der Waals surface area contributed by atoms with Gasteiger partial charge in [0.1, 0.15) is 5.82 Å². The van der Waals surface area contributed by atoms with E-state index < -0.39 is 15.8 Å². The average molecular weight is 466 g/mol.